The number of nitrogens with zero attached hydrogens (tertiary/aromatic N) is 5. The monoisotopic (exact) mass is 302 g/mol. The zero-order chi connectivity index (χ0) is 14.8. The van der Waals surface area contributed by atoms with E-state index in [2.05, 4.69) is 25.6 Å². The minimum Gasteiger partial charge on any atom is -0.345 e. The smallest absolute Gasteiger partial charge is 0.291 e. The van der Waals surface area contributed by atoms with Crippen molar-refractivity contribution < 1.29 is 4.79 Å². The fraction of sp³-hybridized carbons (Fsp3) is 0.154. The lowest BCUT2D eigenvalue weighted by molar-refractivity contribution is 0.0939. The van der Waals surface area contributed by atoms with Gasteiger partial charge in [0.05, 0.1) is 11.7 Å². The third-order valence-electron chi connectivity index (χ3n) is 2.83. The molecule has 0 spiro atoms. The lowest BCUT2D eigenvalue weighted by Gasteiger charge is -2.03. The molecule has 1 amide bonds. The number of carbonyl (C=O) groups excluding carboxylic acids is 1. The van der Waals surface area contributed by atoms with E-state index in [1.165, 1.54) is 0 Å². The average molecular weight is 303 g/mol. The maximum atomic E-state index is 12.0. The van der Waals surface area contributed by atoms with Crippen LogP contribution >= 0.6 is 11.6 Å². The summed E-state index contributed by atoms with van der Waals surface area (Å²) in [4.78, 5) is 16.2. The van der Waals surface area contributed by atoms with Crippen molar-refractivity contribution in [1.82, 2.24) is 30.3 Å². The summed E-state index contributed by atoms with van der Waals surface area (Å²) in [5.41, 5.74) is 2.01. The Kier molecular flexibility index (Phi) is 3.49. The van der Waals surface area contributed by atoms with Crippen LogP contribution in [0.2, 0.25) is 5.02 Å². The lowest BCUT2D eigenvalue weighted by Crippen LogP contribution is -2.25. The number of rotatable bonds is 3. The number of hydrogen-bond acceptors (Lipinski definition) is 5. The van der Waals surface area contributed by atoms with E-state index in [0.29, 0.717) is 22.6 Å². The van der Waals surface area contributed by atoms with Crippen LogP contribution in [0.3, 0.4) is 0 Å². The molecule has 0 unspecified atom stereocenters. The zero-order valence-corrected chi connectivity index (χ0v) is 11.9. The van der Waals surface area contributed by atoms with Crippen molar-refractivity contribution in [2.45, 2.75) is 6.54 Å². The molecule has 3 rings (SSSR count). The van der Waals surface area contributed by atoms with Gasteiger partial charge in [0.25, 0.3) is 5.91 Å². The van der Waals surface area contributed by atoms with Gasteiger partial charge in [-0.3, -0.25) is 9.48 Å². The molecule has 0 aliphatic rings. The molecular formula is C13H11ClN6O. The molecule has 2 heterocycles. The zero-order valence-electron chi connectivity index (χ0n) is 11.1. The Balaban J connectivity index is 1.77. The van der Waals surface area contributed by atoms with Gasteiger partial charge >= 0.3 is 0 Å². The molecule has 0 fully saturated rings. The predicted octanol–water partition coefficient (Wildman–Crippen LogP) is 1.34. The highest BCUT2D eigenvalue weighted by Crippen LogP contribution is 2.15. The van der Waals surface area contributed by atoms with Crippen LogP contribution in [0, 0.1) is 0 Å². The van der Waals surface area contributed by atoms with E-state index in [1.54, 1.807) is 29.1 Å². The van der Waals surface area contributed by atoms with Crippen LogP contribution in [0.25, 0.3) is 11.0 Å². The van der Waals surface area contributed by atoms with E-state index < -0.39 is 5.91 Å². The van der Waals surface area contributed by atoms with Crippen molar-refractivity contribution in [1.29, 1.82) is 0 Å². The van der Waals surface area contributed by atoms with Gasteiger partial charge in [-0.2, -0.15) is 5.10 Å². The van der Waals surface area contributed by atoms with Crippen LogP contribution in [-0.4, -0.2) is 30.9 Å². The first-order valence-corrected chi connectivity index (χ1v) is 6.55. The standard InChI is InChI=1S/C13H11ClN6O/c1-20-7-8(6-16-20)5-15-13(21)12-17-11-4-9(14)2-3-10(11)18-19-12/h2-4,6-7H,5H2,1H3,(H,15,21). The Labute approximate surface area is 125 Å². The van der Waals surface area contributed by atoms with E-state index in [0.717, 1.165) is 5.56 Å². The third kappa shape index (κ3) is 2.97. The van der Waals surface area contributed by atoms with Crippen LogP contribution in [-0.2, 0) is 13.6 Å². The van der Waals surface area contributed by atoms with Gasteiger partial charge in [-0.1, -0.05) is 11.6 Å². The molecule has 21 heavy (non-hydrogen) atoms. The third-order valence-corrected chi connectivity index (χ3v) is 3.07. The topological polar surface area (TPSA) is 85.6 Å². The first-order valence-electron chi connectivity index (χ1n) is 6.17. The van der Waals surface area contributed by atoms with Crippen molar-refractivity contribution in [3.63, 3.8) is 0 Å². The molecule has 0 aliphatic heterocycles. The number of benzene rings is 1. The molecule has 1 N–H and O–H groups in total. The van der Waals surface area contributed by atoms with Crippen molar-refractivity contribution in [2.24, 2.45) is 7.05 Å². The van der Waals surface area contributed by atoms with Gasteiger partial charge in [0.1, 0.15) is 5.52 Å². The highest BCUT2D eigenvalue weighted by Gasteiger charge is 2.11. The minimum atomic E-state index is -0.395. The summed E-state index contributed by atoms with van der Waals surface area (Å²) in [5.74, 6) is -0.387. The van der Waals surface area contributed by atoms with Gasteiger partial charge in [0.2, 0.25) is 5.82 Å². The van der Waals surface area contributed by atoms with Crippen molar-refractivity contribution >= 4 is 28.5 Å². The summed E-state index contributed by atoms with van der Waals surface area (Å²) in [6, 6.07) is 5.04. The summed E-state index contributed by atoms with van der Waals surface area (Å²) >= 11 is 5.90. The molecular weight excluding hydrogens is 292 g/mol. The second-order valence-electron chi connectivity index (χ2n) is 4.47. The molecule has 7 nitrogen and oxygen atoms in total. The maximum Gasteiger partial charge on any atom is 0.291 e. The van der Waals surface area contributed by atoms with Gasteiger partial charge in [-0.05, 0) is 18.2 Å². The van der Waals surface area contributed by atoms with Gasteiger partial charge in [-0.25, -0.2) is 4.98 Å². The molecule has 1 aromatic carbocycles. The number of halogens is 1. The van der Waals surface area contributed by atoms with Crippen LogP contribution in [0.4, 0.5) is 0 Å². The molecule has 0 bridgehead atoms. The second-order valence-corrected chi connectivity index (χ2v) is 4.91. The number of hydrogen-bond donors (Lipinski definition) is 1. The fourth-order valence-electron chi connectivity index (χ4n) is 1.83. The van der Waals surface area contributed by atoms with Crippen LogP contribution in [0.15, 0.2) is 30.6 Å². The average Bonchev–Trinajstić information content (AvgIpc) is 2.89. The fourth-order valence-corrected chi connectivity index (χ4v) is 2.00. The Hall–Kier alpha value is -2.54. The largest absolute Gasteiger partial charge is 0.345 e. The van der Waals surface area contributed by atoms with Crippen LogP contribution in [0.5, 0.6) is 0 Å². The van der Waals surface area contributed by atoms with Gasteiger partial charge in [0.15, 0.2) is 0 Å². The van der Waals surface area contributed by atoms with Crippen molar-refractivity contribution in [3.05, 3.63) is 47.0 Å². The van der Waals surface area contributed by atoms with Crippen LogP contribution in [0.1, 0.15) is 16.2 Å². The molecule has 3 aromatic rings. The summed E-state index contributed by atoms with van der Waals surface area (Å²) in [7, 11) is 1.81. The molecule has 106 valence electrons. The minimum absolute atomic E-state index is 0.00802. The predicted molar refractivity (Wildman–Crippen MR) is 76.7 cm³/mol. The van der Waals surface area contributed by atoms with E-state index >= 15 is 0 Å². The van der Waals surface area contributed by atoms with Crippen LogP contribution < -0.4 is 5.32 Å². The Morgan fingerprint density at radius 3 is 2.95 bits per heavy atom. The first-order chi connectivity index (χ1) is 10.1. The van der Waals surface area contributed by atoms with E-state index in [-0.39, 0.29) is 5.82 Å². The first kappa shape index (κ1) is 13.4. The Morgan fingerprint density at radius 2 is 2.19 bits per heavy atom. The SMILES string of the molecule is Cn1cc(CNC(=O)c2nnc3ccc(Cl)cc3n2)cn1. The molecule has 0 saturated heterocycles. The number of aromatic nitrogens is 5. The van der Waals surface area contributed by atoms with Gasteiger partial charge in [0, 0.05) is 30.4 Å². The number of amides is 1. The Morgan fingerprint density at radius 1 is 1.33 bits per heavy atom. The summed E-state index contributed by atoms with van der Waals surface area (Å²) < 4.78 is 1.66. The van der Waals surface area contributed by atoms with Gasteiger partial charge in [-0.15, -0.1) is 10.2 Å². The number of aryl methyl sites for hydroxylation is 1. The maximum absolute atomic E-state index is 12.0. The molecule has 8 heteroatoms. The number of carbonyl (C=O) groups is 1. The summed E-state index contributed by atoms with van der Waals surface area (Å²) in [6.45, 7) is 0.351. The van der Waals surface area contributed by atoms with E-state index in [9.17, 15) is 4.79 Å². The molecule has 0 atom stereocenters. The normalized spacial score (nSPS) is 10.8. The number of nitrogens with one attached hydrogen (secondary N) is 1. The molecule has 0 radical (unpaired) electrons. The molecule has 0 aliphatic carbocycles. The molecule has 0 saturated carbocycles. The highest BCUT2D eigenvalue weighted by molar-refractivity contribution is 6.31. The van der Waals surface area contributed by atoms with E-state index in [4.69, 9.17) is 11.6 Å². The van der Waals surface area contributed by atoms with E-state index in [1.807, 2.05) is 13.2 Å². The van der Waals surface area contributed by atoms with Crippen molar-refractivity contribution in [3.8, 4) is 0 Å². The second kappa shape index (κ2) is 5.45. The Bertz CT molecular complexity index is 815. The lowest BCUT2D eigenvalue weighted by atomic mass is 10.3. The summed E-state index contributed by atoms with van der Waals surface area (Å²) in [5, 5.41) is 15.0. The van der Waals surface area contributed by atoms with Gasteiger partial charge < -0.3 is 5.32 Å². The number of fused-ring (bicyclic) bond motifs is 1. The van der Waals surface area contributed by atoms with Crippen molar-refractivity contribution in [2.75, 3.05) is 0 Å². The highest BCUT2D eigenvalue weighted by atomic mass is 35.5. The summed E-state index contributed by atoms with van der Waals surface area (Å²) in [6.07, 6.45) is 3.50. The quantitative estimate of drug-likeness (QED) is 0.789. The molecule has 2 aromatic heterocycles.